The number of rotatable bonds is 7. The van der Waals surface area contributed by atoms with Crippen molar-refractivity contribution in [3.8, 4) is 11.5 Å². The summed E-state index contributed by atoms with van der Waals surface area (Å²) in [5.74, 6) is 1.70. The molecule has 2 rings (SSSR count). The lowest BCUT2D eigenvalue weighted by Crippen LogP contribution is -2.09. The van der Waals surface area contributed by atoms with E-state index < -0.39 is 0 Å². The average molecular weight is 328 g/mol. The highest BCUT2D eigenvalue weighted by Crippen LogP contribution is 2.37. The van der Waals surface area contributed by atoms with Crippen molar-refractivity contribution in [2.45, 2.75) is 26.7 Å². The molecule has 0 fully saturated rings. The Morgan fingerprint density at radius 2 is 1.75 bits per heavy atom. The average Bonchev–Trinajstić information content (AvgIpc) is 2.61. The van der Waals surface area contributed by atoms with E-state index in [0.717, 1.165) is 28.2 Å². The maximum absolute atomic E-state index is 13.1. The molecule has 0 aliphatic heterocycles. The third-order valence-corrected chi connectivity index (χ3v) is 4.53. The van der Waals surface area contributed by atoms with Crippen molar-refractivity contribution in [1.29, 1.82) is 0 Å². The molecule has 0 bridgehead atoms. The summed E-state index contributed by atoms with van der Waals surface area (Å²) in [6.07, 6.45) is 0. The molecule has 0 aliphatic rings. The van der Waals surface area contributed by atoms with Crippen molar-refractivity contribution in [3.05, 3.63) is 66.0 Å². The Morgan fingerprint density at radius 1 is 1.08 bits per heavy atom. The number of methoxy groups -OCH3 is 1. The number of ether oxygens (including phenoxy) is 2. The Morgan fingerprint density at radius 3 is 2.33 bits per heavy atom. The molecule has 0 N–H and O–H groups in total. The van der Waals surface area contributed by atoms with Crippen LogP contribution in [0.25, 0.3) is 5.57 Å². The molecule has 0 heterocycles. The van der Waals surface area contributed by atoms with E-state index in [1.54, 1.807) is 19.2 Å². The van der Waals surface area contributed by atoms with Crippen molar-refractivity contribution < 1.29 is 13.9 Å². The molecule has 0 saturated heterocycles. The molecule has 128 valence electrons. The van der Waals surface area contributed by atoms with Crippen molar-refractivity contribution in [3.63, 3.8) is 0 Å². The van der Waals surface area contributed by atoms with Gasteiger partial charge in [-0.1, -0.05) is 38.6 Å². The van der Waals surface area contributed by atoms with Crippen LogP contribution in [0.3, 0.4) is 0 Å². The molecule has 2 aromatic rings. The second kappa shape index (κ2) is 8.00. The van der Waals surface area contributed by atoms with E-state index >= 15 is 0 Å². The summed E-state index contributed by atoms with van der Waals surface area (Å²) < 4.78 is 24.1. The monoisotopic (exact) mass is 328 g/mol. The third-order valence-electron chi connectivity index (χ3n) is 4.53. The zero-order valence-electron chi connectivity index (χ0n) is 14.8. The summed E-state index contributed by atoms with van der Waals surface area (Å²) in [7, 11) is 1.65. The van der Waals surface area contributed by atoms with Gasteiger partial charge in [0.1, 0.15) is 5.82 Å². The van der Waals surface area contributed by atoms with Gasteiger partial charge in [0, 0.05) is 0 Å². The minimum atomic E-state index is -0.233. The van der Waals surface area contributed by atoms with Crippen LogP contribution in [0.2, 0.25) is 0 Å². The van der Waals surface area contributed by atoms with E-state index in [4.69, 9.17) is 9.47 Å². The van der Waals surface area contributed by atoms with Crippen LogP contribution in [0.1, 0.15) is 37.8 Å². The fraction of sp³-hybridized carbons (Fsp3) is 0.333. The summed E-state index contributed by atoms with van der Waals surface area (Å²) in [5.41, 5.74) is 3.12. The van der Waals surface area contributed by atoms with E-state index in [0.29, 0.717) is 6.61 Å². The molecule has 3 heteroatoms. The third kappa shape index (κ3) is 3.97. The second-order valence-corrected chi connectivity index (χ2v) is 5.95. The van der Waals surface area contributed by atoms with E-state index in [1.165, 1.54) is 12.1 Å². The number of halogens is 1. The Hall–Kier alpha value is -2.29. The van der Waals surface area contributed by atoms with E-state index in [2.05, 4.69) is 26.5 Å². The van der Waals surface area contributed by atoms with Crippen molar-refractivity contribution in [1.82, 2.24) is 0 Å². The molecule has 2 aromatic carbocycles. The van der Waals surface area contributed by atoms with Gasteiger partial charge in [-0.3, -0.25) is 0 Å². The zero-order chi connectivity index (χ0) is 17.7. The minimum Gasteiger partial charge on any atom is -0.493 e. The van der Waals surface area contributed by atoms with Gasteiger partial charge in [-0.15, -0.1) is 0 Å². The highest BCUT2D eigenvalue weighted by atomic mass is 19.1. The molecule has 2 nitrogen and oxygen atoms in total. The quantitative estimate of drug-likeness (QED) is 0.650. The molecule has 24 heavy (non-hydrogen) atoms. The first-order valence-electron chi connectivity index (χ1n) is 8.23. The minimum absolute atomic E-state index is 0.207. The van der Waals surface area contributed by atoms with Crippen LogP contribution in [-0.4, -0.2) is 13.7 Å². The summed E-state index contributed by atoms with van der Waals surface area (Å²) in [6, 6.07) is 12.5. The van der Waals surface area contributed by atoms with Crippen LogP contribution in [0.15, 0.2) is 49.0 Å². The van der Waals surface area contributed by atoms with Crippen molar-refractivity contribution in [2.75, 3.05) is 13.7 Å². The molecule has 0 aromatic heterocycles. The van der Waals surface area contributed by atoms with Crippen LogP contribution >= 0.6 is 0 Å². The summed E-state index contributed by atoms with van der Waals surface area (Å²) in [6.45, 7) is 11.1. The van der Waals surface area contributed by atoms with Gasteiger partial charge in [-0.25, -0.2) is 4.39 Å². The van der Waals surface area contributed by atoms with Crippen molar-refractivity contribution >= 4 is 5.57 Å². The fourth-order valence-electron chi connectivity index (χ4n) is 2.76. The van der Waals surface area contributed by atoms with Crippen LogP contribution in [0, 0.1) is 11.7 Å². The predicted octanol–water partition coefficient (Wildman–Crippen LogP) is 5.69. The molecule has 0 radical (unpaired) electrons. The highest BCUT2D eigenvalue weighted by molar-refractivity contribution is 5.66. The lowest BCUT2D eigenvalue weighted by Gasteiger charge is -2.24. The number of hydrogen-bond donors (Lipinski definition) is 0. The Kier molecular flexibility index (Phi) is 6.02. The van der Waals surface area contributed by atoms with Gasteiger partial charge in [0.15, 0.2) is 11.5 Å². The normalized spacial score (nSPS) is 13.2. The Labute approximate surface area is 143 Å². The van der Waals surface area contributed by atoms with Crippen molar-refractivity contribution in [2.24, 2.45) is 5.92 Å². The van der Waals surface area contributed by atoms with E-state index in [1.807, 2.05) is 19.1 Å². The van der Waals surface area contributed by atoms with Gasteiger partial charge in [0.05, 0.1) is 13.7 Å². The van der Waals surface area contributed by atoms with Crippen LogP contribution in [0.5, 0.6) is 11.5 Å². The predicted molar refractivity (Wildman–Crippen MR) is 97.2 cm³/mol. The lowest BCUT2D eigenvalue weighted by atomic mass is 9.82. The summed E-state index contributed by atoms with van der Waals surface area (Å²) >= 11 is 0. The first kappa shape index (κ1) is 18.1. The first-order valence-corrected chi connectivity index (χ1v) is 8.23. The summed E-state index contributed by atoms with van der Waals surface area (Å²) in [5, 5.41) is 0. The molecule has 0 amide bonds. The highest BCUT2D eigenvalue weighted by Gasteiger charge is 2.20. The largest absolute Gasteiger partial charge is 0.493 e. The zero-order valence-corrected chi connectivity index (χ0v) is 14.8. The molecule has 0 aliphatic carbocycles. The van der Waals surface area contributed by atoms with Gasteiger partial charge in [-0.05, 0) is 59.7 Å². The number of benzene rings is 2. The van der Waals surface area contributed by atoms with E-state index in [9.17, 15) is 4.39 Å². The second-order valence-electron chi connectivity index (χ2n) is 5.95. The smallest absolute Gasteiger partial charge is 0.161 e. The lowest BCUT2D eigenvalue weighted by molar-refractivity contribution is 0.310. The molecular formula is C21H25FO2. The van der Waals surface area contributed by atoms with Gasteiger partial charge in [-0.2, -0.15) is 0 Å². The van der Waals surface area contributed by atoms with Gasteiger partial charge in [0.2, 0.25) is 0 Å². The van der Waals surface area contributed by atoms with Crippen LogP contribution in [0.4, 0.5) is 4.39 Å². The Balaban J connectivity index is 2.22. The first-order chi connectivity index (χ1) is 11.5. The number of hydrogen-bond acceptors (Lipinski definition) is 2. The molecule has 2 atom stereocenters. The summed E-state index contributed by atoms with van der Waals surface area (Å²) in [4.78, 5) is 0. The van der Waals surface area contributed by atoms with Gasteiger partial charge >= 0.3 is 0 Å². The SMILES string of the molecule is C=C(c1ccc(F)cc1)C(C)C(C)c1ccc(OCC)c(OC)c1. The van der Waals surface area contributed by atoms with E-state index in [-0.39, 0.29) is 17.7 Å². The van der Waals surface area contributed by atoms with Gasteiger partial charge in [0.25, 0.3) is 0 Å². The molecular weight excluding hydrogens is 303 g/mol. The molecule has 0 spiro atoms. The molecule has 0 saturated carbocycles. The Bertz CT molecular complexity index is 691. The maximum Gasteiger partial charge on any atom is 0.161 e. The van der Waals surface area contributed by atoms with Crippen LogP contribution in [-0.2, 0) is 0 Å². The molecule has 2 unspecified atom stereocenters. The van der Waals surface area contributed by atoms with Gasteiger partial charge < -0.3 is 9.47 Å². The number of allylic oxidation sites excluding steroid dienone is 1. The standard InChI is InChI=1S/C21H25FO2/c1-6-24-20-12-9-18(13-21(20)23-5)16(4)14(2)15(3)17-7-10-19(22)11-8-17/h7-14,16H,3,6H2,1-2,4-5H3. The maximum atomic E-state index is 13.1. The topological polar surface area (TPSA) is 18.5 Å². The fourth-order valence-corrected chi connectivity index (χ4v) is 2.76. The van der Waals surface area contributed by atoms with Crippen LogP contribution < -0.4 is 9.47 Å².